The fourth-order valence-corrected chi connectivity index (χ4v) is 2.89. The molecule has 2 unspecified atom stereocenters. The second-order valence-corrected chi connectivity index (χ2v) is 5.98. The lowest BCUT2D eigenvalue weighted by Gasteiger charge is -2.36. The van der Waals surface area contributed by atoms with Crippen molar-refractivity contribution >= 4 is 11.8 Å². The lowest BCUT2D eigenvalue weighted by molar-refractivity contribution is -0.0642. The molecular weight excluding hydrogens is 292 g/mol. The number of carbonyl (C=O) groups excluding carboxylic acids is 1. The van der Waals surface area contributed by atoms with Gasteiger partial charge in [-0.15, -0.1) is 0 Å². The van der Waals surface area contributed by atoms with Crippen molar-refractivity contribution in [3.05, 3.63) is 47.7 Å². The average Bonchev–Trinajstić information content (AvgIpc) is 2.85. The number of aromatic nitrogens is 2. The maximum atomic E-state index is 12.6. The van der Waals surface area contributed by atoms with Gasteiger partial charge in [-0.05, 0) is 19.4 Å². The molecular formula is C17H22N4O2. The van der Waals surface area contributed by atoms with Crippen LogP contribution in [0.1, 0.15) is 24.3 Å². The summed E-state index contributed by atoms with van der Waals surface area (Å²) in [7, 11) is 1.82. The van der Waals surface area contributed by atoms with Crippen LogP contribution in [0.2, 0.25) is 0 Å². The molecule has 122 valence electrons. The van der Waals surface area contributed by atoms with Crippen LogP contribution in [-0.4, -0.2) is 39.9 Å². The van der Waals surface area contributed by atoms with Crippen molar-refractivity contribution in [2.75, 3.05) is 18.4 Å². The summed E-state index contributed by atoms with van der Waals surface area (Å²) in [6.07, 6.45) is -0.105. The normalized spacial score (nSPS) is 21.3. The number of hydrogen-bond donors (Lipinski definition) is 1. The van der Waals surface area contributed by atoms with Gasteiger partial charge in [0.1, 0.15) is 11.9 Å². The molecule has 0 radical (unpaired) electrons. The van der Waals surface area contributed by atoms with Crippen LogP contribution in [-0.2, 0) is 11.8 Å². The SMILES string of the molecule is Cc1cc(NC(=O)N2CC(C)OC(c3ccccc3)C2)n(C)n1. The summed E-state index contributed by atoms with van der Waals surface area (Å²) < 4.78 is 7.66. The Balaban J connectivity index is 1.71. The van der Waals surface area contributed by atoms with Crippen molar-refractivity contribution in [3.63, 3.8) is 0 Å². The standard InChI is InChI=1S/C17H22N4O2/c1-12-9-16(20(3)19-12)18-17(22)21-10-13(2)23-15(11-21)14-7-5-4-6-8-14/h4-9,13,15H,10-11H2,1-3H3,(H,18,22). The Labute approximate surface area is 136 Å². The van der Waals surface area contributed by atoms with Crippen LogP contribution < -0.4 is 5.32 Å². The van der Waals surface area contributed by atoms with E-state index >= 15 is 0 Å². The van der Waals surface area contributed by atoms with E-state index in [4.69, 9.17) is 4.74 Å². The highest BCUT2D eigenvalue weighted by Gasteiger charge is 2.29. The van der Waals surface area contributed by atoms with Gasteiger partial charge in [0.25, 0.3) is 0 Å². The van der Waals surface area contributed by atoms with Gasteiger partial charge in [0.2, 0.25) is 0 Å². The van der Waals surface area contributed by atoms with E-state index < -0.39 is 0 Å². The van der Waals surface area contributed by atoms with Crippen LogP contribution in [0.25, 0.3) is 0 Å². The summed E-state index contributed by atoms with van der Waals surface area (Å²) in [6.45, 7) is 5.00. The maximum Gasteiger partial charge on any atom is 0.323 e. The Hall–Kier alpha value is -2.34. The highest BCUT2D eigenvalue weighted by atomic mass is 16.5. The third kappa shape index (κ3) is 3.53. The number of ether oxygens (including phenoxy) is 1. The predicted octanol–water partition coefficient (Wildman–Crippen LogP) is 2.72. The Morgan fingerprint density at radius 3 is 2.70 bits per heavy atom. The average molecular weight is 314 g/mol. The van der Waals surface area contributed by atoms with Crippen LogP contribution in [0.5, 0.6) is 0 Å². The number of nitrogens with one attached hydrogen (secondary N) is 1. The highest BCUT2D eigenvalue weighted by Crippen LogP contribution is 2.25. The molecule has 0 aliphatic carbocycles. The molecule has 1 aliphatic rings. The van der Waals surface area contributed by atoms with E-state index in [1.54, 1.807) is 9.58 Å². The predicted molar refractivity (Wildman–Crippen MR) is 88.3 cm³/mol. The monoisotopic (exact) mass is 314 g/mol. The van der Waals surface area contributed by atoms with E-state index in [-0.39, 0.29) is 18.2 Å². The second-order valence-electron chi connectivity index (χ2n) is 5.98. The van der Waals surface area contributed by atoms with Crippen LogP contribution in [0, 0.1) is 6.92 Å². The molecule has 6 heteroatoms. The molecule has 1 fully saturated rings. The second kappa shape index (κ2) is 6.42. The van der Waals surface area contributed by atoms with Gasteiger partial charge in [0.15, 0.2) is 0 Å². The fourth-order valence-electron chi connectivity index (χ4n) is 2.89. The molecule has 3 rings (SSSR count). The van der Waals surface area contributed by atoms with Crippen molar-refractivity contribution in [2.24, 2.45) is 7.05 Å². The number of carbonyl (C=O) groups is 1. The smallest absolute Gasteiger partial charge is 0.323 e. The van der Waals surface area contributed by atoms with Crippen molar-refractivity contribution in [1.82, 2.24) is 14.7 Å². The Bertz CT molecular complexity index is 683. The lowest BCUT2D eigenvalue weighted by atomic mass is 10.1. The first-order valence-electron chi connectivity index (χ1n) is 7.80. The quantitative estimate of drug-likeness (QED) is 0.927. The van der Waals surface area contributed by atoms with Crippen molar-refractivity contribution in [3.8, 4) is 0 Å². The van der Waals surface area contributed by atoms with Crippen LogP contribution in [0.4, 0.5) is 10.6 Å². The van der Waals surface area contributed by atoms with Gasteiger partial charge in [-0.1, -0.05) is 30.3 Å². The molecule has 1 N–H and O–H groups in total. The van der Waals surface area contributed by atoms with Gasteiger partial charge < -0.3 is 9.64 Å². The first kappa shape index (κ1) is 15.6. The number of aryl methyl sites for hydroxylation is 2. The molecule has 1 saturated heterocycles. The van der Waals surface area contributed by atoms with Crippen LogP contribution in [0.3, 0.4) is 0 Å². The minimum Gasteiger partial charge on any atom is -0.367 e. The summed E-state index contributed by atoms with van der Waals surface area (Å²) in [5, 5.41) is 7.17. The first-order chi connectivity index (χ1) is 11.0. The minimum atomic E-state index is -0.121. The Morgan fingerprint density at radius 1 is 1.30 bits per heavy atom. The summed E-state index contributed by atoms with van der Waals surface area (Å²) in [5.41, 5.74) is 1.97. The van der Waals surface area contributed by atoms with E-state index in [0.29, 0.717) is 18.9 Å². The van der Waals surface area contributed by atoms with Gasteiger partial charge in [-0.25, -0.2) is 4.79 Å². The van der Waals surface area contributed by atoms with Gasteiger partial charge in [0, 0.05) is 19.7 Å². The van der Waals surface area contributed by atoms with E-state index in [2.05, 4.69) is 10.4 Å². The summed E-state index contributed by atoms with van der Waals surface area (Å²) in [5.74, 6) is 0.697. The number of urea groups is 1. The molecule has 2 atom stereocenters. The molecule has 1 aliphatic heterocycles. The molecule has 1 aromatic carbocycles. The number of rotatable bonds is 2. The van der Waals surface area contributed by atoms with E-state index in [0.717, 1.165) is 11.3 Å². The lowest BCUT2D eigenvalue weighted by Crippen LogP contribution is -2.47. The van der Waals surface area contributed by atoms with Gasteiger partial charge in [-0.3, -0.25) is 10.00 Å². The Morgan fingerprint density at radius 2 is 2.04 bits per heavy atom. The van der Waals surface area contributed by atoms with Crippen molar-refractivity contribution < 1.29 is 9.53 Å². The largest absolute Gasteiger partial charge is 0.367 e. The minimum absolute atomic E-state index is 0.00650. The first-order valence-corrected chi connectivity index (χ1v) is 7.80. The third-order valence-electron chi connectivity index (χ3n) is 3.96. The van der Waals surface area contributed by atoms with E-state index in [1.165, 1.54) is 0 Å². The fraction of sp³-hybridized carbons (Fsp3) is 0.412. The summed E-state index contributed by atoms with van der Waals surface area (Å²) in [4.78, 5) is 14.4. The van der Waals surface area contributed by atoms with Crippen LogP contribution in [0.15, 0.2) is 36.4 Å². The topological polar surface area (TPSA) is 59.4 Å². The maximum absolute atomic E-state index is 12.6. The molecule has 2 amide bonds. The van der Waals surface area contributed by atoms with Gasteiger partial charge in [-0.2, -0.15) is 5.10 Å². The van der Waals surface area contributed by atoms with Gasteiger partial charge in [0.05, 0.1) is 18.3 Å². The zero-order chi connectivity index (χ0) is 16.4. The molecule has 0 saturated carbocycles. The molecule has 6 nitrogen and oxygen atoms in total. The third-order valence-corrected chi connectivity index (χ3v) is 3.96. The molecule has 2 heterocycles. The number of nitrogens with zero attached hydrogens (tertiary/aromatic N) is 3. The molecule has 23 heavy (non-hydrogen) atoms. The Kier molecular flexibility index (Phi) is 4.34. The molecule has 0 spiro atoms. The zero-order valence-electron chi connectivity index (χ0n) is 13.7. The number of amides is 2. The molecule has 2 aromatic rings. The van der Waals surface area contributed by atoms with Crippen molar-refractivity contribution in [2.45, 2.75) is 26.1 Å². The summed E-state index contributed by atoms with van der Waals surface area (Å²) in [6, 6.07) is 11.7. The van der Waals surface area contributed by atoms with E-state index in [9.17, 15) is 4.79 Å². The highest BCUT2D eigenvalue weighted by molar-refractivity contribution is 5.88. The van der Waals surface area contributed by atoms with Gasteiger partial charge >= 0.3 is 6.03 Å². The van der Waals surface area contributed by atoms with Crippen LogP contribution >= 0.6 is 0 Å². The number of anilines is 1. The number of hydrogen-bond acceptors (Lipinski definition) is 3. The molecule has 1 aromatic heterocycles. The number of benzene rings is 1. The van der Waals surface area contributed by atoms with E-state index in [1.807, 2.05) is 57.3 Å². The number of morpholine rings is 1. The zero-order valence-corrected chi connectivity index (χ0v) is 13.7. The van der Waals surface area contributed by atoms with Crippen molar-refractivity contribution in [1.29, 1.82) is 0 Å². The molecule has 0 bridgehead atoms. The summed E-state index contributed by atoms with van der Waals surface area (Å²) >= 11 is 0.